The molecule has 1 saturated carbocycles. The molecule has 0 aliphatic heterocycles. The van der Waals surface area contributed by atoms with Gasteiger partial charge in [-0.15, -0.1) is 11.8 Å². The first-order valence-electron chi connectivity index (χ1n) is 7.36. The number of thioether (sulfide) groups is 1. The molecule has 2 rings (SSSR count). The van der Waals surface area contributed by atoms with Crippen LogP contribution in [0, 0.1) is 0 Å². The van der Waals surface area contributed by atoms with Crippen molar-refractivity contribution in [3.63, 3.8) is 0 Å². The van der Waals surface area contributed by atoms with Crippen molar-refractivity contribution in [2.24, 2.45) is 0 Å². The molecule has 0 spiro atoms. The second-order valence-corrected chi connectivity index (χ2v) is 6.83. The minimum absolute atomic E-state index is 0.00826. The van der Waals surface area contributed by atoms with E-state index in [1.54, 1.807) is 11.8 Å². The molecule has 3 nitrogen and oxygen atoms in total. The number of carbonyl (C=O) groups is 1. The first-order valence-corrected chi connectivity index (χ1v) is 8.18. The van der Waals surface area contributed by atoms with Gasteiger partial charge in [0.15, 0.2) is 0 Å². The van der Waals surface area contributed by atoms with Crippen LogP contribution in [0.5, 0.6) is 0 Å². The summed E-state index contributed by atoms with van der Waals surface area (Å²) in [6, 6.07) is 9.99. The predicted molar refractivity (Wildman–Crippen MR) is 82.8 cm³/mol. The normalized spacial score (nSPS) is 18.7. The highest BCUT2D eigenvalue weighted by Gasteiger charge is 2.42. The molecule has 1 aliphatic rings. The summed E-state index contributed by atoms with van der Waals surface area (Å²) in [6.45, 7) is 1.99. The molecule has 2 N–H and O–H groups in total. The summed E-state index contributed by atoms with van der Waals surface area (Å²) >= 11 is 1.68. The van der Waals surface area contributed by atoms with Crippen LogP contribution in [-0.4, -0.2) is 28.4 Å². The third kappa shape index (κ3) is 3.55. The van der Waals surface area contributed by atoms with E-state index in [1.807, 2.05) is 25.1 Å². The summed E-state index contributed by atoms with van der Waals surface area (Å²) in [5.74, 6) is 0.0877. The van der Waals surface area contributed by atoms with E-state index in [9.17, 15) is 9.90 Å². The highest BCUT2D eigenvalue weighted by molar-refractivity contribution is 8.01. The molecule has 1 atom stereocenters. The van der Waals surface area contributed by atoms with E-state index in [2.05, 4.69) is 17.4 Å². The Morgan fingerprint density at radius 2 is 2.00 bits per heavy atom. The van der Waals surface area contributed by atoms with E-state index in [1.165, 1.54) is 0 Å². The molecule has 1 amide bonds. The highest BCUT2D eigenvalue weighted by atomic mass is 32.2. The molecule has 0 saturated heterocycles. The van der Waals surface area contributed by atoms with Crippen molar-refractivity contribution in [2.45, 2.75) is 54.7 Å². The maximum absolute atomic E-state index is 12.7. The Labute approximate surface area is 125 Å². The predicted octanol–water partition coefficient (Wildman–Crippen LogP) is 2.98. The van der Waals surface area contributed by atoms with E-state index >= 15 is 0 Å². The SMILES string of the molecule is CCC(CO)NC(=O)C1(Sc2ccccc2)CCCC1. The van der Waals surface area contributed by atoms with Gasteiger partial charge in [-0.1, -0.05) is 38.0 Å². The van der Waals surface area contributed by atoms with E-state index in [4.69, 9.17) is 0 Å². The summed E-state index contributed by atoms with van der Waals surface area (Å²) < 4.78 is -0.357. The molecule has 110 valence electrons. The topological polar surface area (TPSA) is 49.3 Å². The number of nitrogens with one attached hydrogen (secondary N) is 1. The first kappa shape index (κ1) is 15.4. The van der Waals surface area contributed by atoms with Crippen LogP contribution < -0.4 is 5.32 Å². The molecule has 1 fully saturated rings. The highest BCUT2D eigenvalue weighted by Crippen LogP contribution is 2.45. The molecular formula is C16H23NO2S. The molecule has 4 heteroatoms. The van der Waals surface area contributed by atoms with Gasteiger partial charge in [0.1, 0.15) is 0 Å². The number of rotatable bonds is 6. The van der Waals surface area contributed by atoms with Crippen molar-refractivity contribution in [3.8, 4) is 0 Å². The van der Waals surface area contributed by atoms with Crippen molar-refractivity contribution in [2.75, 3.05) is 6.61 Å². The average molecular weight is 293 g/mol. The van der Waals surface area contributed by atoms with Gasteiger partial charge in [-0.3, -0.25) is 4.79 Å². The van der Waals surface area contributed by atoms with Gasteiger partial charge < -0.3 is 10.4 Å². The van der Waals surface area contributed by atoms with Crippen molar-refractivity contribution >= 4 is 17.7 Å². The molecule has 0 bridgehead atoms. The minimum Gasteiger partial charge on any atom is -0.394 e. The number of hydrogen-bond donors (Lipinski definition) is 2. The zero-order valence-electron chi connectivity index (χ0n) is 12.0. The lowest BCUT2D eigenvalue weighted by Gasteiger charge is -2.29. The Morgan fingerprint density at radius 3 is 2.55 bits per heavy atom. The number of amides is 1. The van der Waals surface area contributed by atoms with E-state index in [0.29, 0.717) is 0 Å². The summed E-state index contributed by atoms with van der Waals surface area (Å²) in [6.07, 6.45) is 4.79. The second-order valence-electron chi connectivity index (χ2n) is 5.38. The third-order valence-electron chi connectivity index (χ3n) is 3.93. The van der Waals surface area contributed by atoms with Gasteiger partial charge in [-0.05, 0) is 31.4 Å². The van der Waals surface area contributed by atoms with Crippen molar-refractivity contribution in [1.29, 1.82) is 0 Å². The Hall–Kier alpha value is -1.00. The summed E-state index contributed by atoms with van der Waals surface area (Å²) in [5.41, 5.74) is 0. The molecule has 0 heterocycles. The molecule has 1 aliphatic carbocycles. The largest absolute Gasteiger partial charge is 0.394 e. The lowest BCUT2D eigenvalue weighted by atomic mass is 10.1. The van der Waals surface area contributed by atoms with Crippen LogP contribution in [0.2, 0.25) is 0 Å². The van der Waals surface area contributed by atoms with Gasteiger partial charge in [-0.2, -0.15) is 0 Å². The summed E-state index contributed by atoms with van der Waals surface area (Å²) in [4.78, 5) is 13.8. The van der Waals surface area contributed by atoms with Crippen LogP contribution >= 0.6 is 11.8 Å². The second kappa shape index (κ2) is 7.14. The lowest BCUT2D eigenvalue weighted by molar-refractivity contribution is -0.124. The van der Waals surface area contributed by atoms with Gasteiger partial charge in [-0.25, -0.2) is 0 Å². The zero-order valence-corrected chi connectivity index (χ0v) is 12.8. The molecule has 20 heavy (non-hydrogen) atoms. The molecule has 1 aromatic carbocycles. The van der Waals surface area contributed by atoms with Gasteiger partial charge in [0.05, 0.1) is 17.4 Å². The van der Waals surface area contributed by atoms with E-state index in [-0.39, 0.29) is 23.3 Å². The maximum Gasteiger partial charge on any atom is 0.236 e. The van der Waals surface area contributed by atoms with Crippen LogP contribution in [0.3, 0.4) is 0 Å². The fraction of sp³-hybridized carbons (Fsp3) is 0.562. The Morgan fingerprint density at radius 1 is 1.35 bits per heavy atom. The Balaban J connectivity index is 2.11. The lowest BCUT2D eigenvalue weighted by Crippen LogP contribution is -2.47. The van der Waals surface area contributed by atoms with E-state index < -0.39 is 0 Å². The number of aliphatic hydroxyl groups excluding tert-OH is 1. The number of carbonyl (C=O) groups excluding carboxylic acids is 1. The molecule has 0 radical (unpaired) electrons. The molecule has 1 aromatic rings. The van der Waals surface area contributed by atoms with Crippen LogP contribution in [0.15, 0.2) is 35.2 Å². The quantitative estimate of drug-likeness (QED) is 0.848. The maximum atomic E-state index is 12.7. The molecule has 1 unspecified atom stereocenters. The first-order chi connectivity index (χ1) is 9.70. The third-order valence-corrected chi connectivity index (χ3v) is 5.42. The number of aliphatic hydroxyl groups is 1. The molecular weight excluding hydrogens is 270 g/mol. The Kier molecular flexibility index (Phi) is 5.49. The minimum atomic E-state index is -0.357. The van der Waals surface area contributed by atoms with Gasteiger partial charge in [0.2, 0.25) is 5.91 Å². The summed E-state index contributed by atoms with van der Waals surface area (Å²) in [5, 5.41) is 12.3. The van der Waals surface area contributed by atoms with Crippen LogP contribution in [0.25, 0.3) is 0 Å². The van der Waals surface area contributed by atoms with Crippen LogP contribution in [0.1, 0.15) is 39.0 Å². The van der Waals surface area contributed by atoms with Gasteiger partial charge >= 0.3 is 0 Å². The monoisotopic (exact) mass is 293 g/mol. The standard InChI is InChI=1S/C16H23NO2S/c1-2-13(12-18)17-15(19)16(10-6-7-11-16)20-14-8-4-3-5-9-14/h3-5,8-9,13,18H,2,6-7,10-12H2,1H3,(H,17,19). The van der Waals surface area contributed by atoms with Gasteiger partial charge in [0.25, 0.3) is 0 Å². The fourth-order valence-corrected chi connectivity index (χ4v) is 4.02. The van der Waals surface area contributed by atoms with Crippen molar-refractivity contribution < 1.29 is 9.90 Å². The summed E-state index contributed by atoms with van der Waals surface area (Å²) in [7, 11) is 0. The van der Waals surface area contributed by atoms with Crippen LogP contribution in [0.4, 0.5) is 0 Å². The smallest absolute Gasteiger partial charge is 0.236 e. The van der Waals surface area contributed by atoms with Crippen LogP contribution in [-0.2, 0) is 4.79 Å². The molecule has 0 aromatic heterocycles. The number of benzene rings is 1. The van der Waals surface area contributed by atoms with Gasteiger partial charge in [0, 0.05) is 4.90 Å². The average Bonchev–Trinajstić information content (AvgIpc) is 2.95. The van der Waals surface area contributed by atoms with E-state index in [0.717, 1.165) is 37.0 Å². The number of hydrogen-bond acceptors (Lipinski definition) is 3. The van der Waals surface area contributed by atoms with Crippen molar-refractivity contribution in [3.05, 3.63) is 30.3 Å². The Bertz CT molecular complexity index is 425. The fourth-order valence-electron chi connectivity index (χ4n) is 2.63. The van der Waals surface area contributed by atoms with Crippen molar-refractivity contribution in [1.82, 2.24) is 5.32 Å². The zero-order chi connectivity index (χ0) is 14.4.